The molecular formula is C22H14N4O5S. The molecule has 0 bridgehead atoms. The van der Waals surface area contributed by atoms with E-state index in [0.29, 0.717) is 15.6 Å². The minimum Gasteiger partial charge on any atom is -0.273 e. The monoisotopic (exact) mass is 446 g/mol. The van der Waals surface area contributed by atoms with Crippen molar-refractivity contribution in [1.29, 1.82) is 0 Å². The van der Waals surface area contributed by atoms with Crippen molar-refractivity contribution in [3.05, 3.63) is 94.2 Å². The minimum absolute atomic E-state index is 0.199. The van der Waals surface area contributed by atoms with Crippen LogP contribution >= 0.6 is 11.8 Å². The third-order valence-corrected chi connectivity index (χ3v) is 5.47. The molecule has 4 rings (SSSR count). The number of benzene rings is 2. The van der Waals surface area contributed by atoms with Gasteiger partial charge in [-0.1, -0.05) is 42.1 Å². The second kappa shape index (κ2) is 8.82. The lowest BCUT2D eigenvalue weighted by atomic mass is 10.1. The van der Waals surface area contributed by atoms with Crippen molar-refractivity contribution in [2.75, 3.05) is 4.90 Å². The summed E-state index contributed by atoms with van der Waals surface area (Å²) in [6, 6.07) is 16.8. The van der Waals surface area contributed by atoms with Gasteiger partial charge < -0.3 is 0 Å². The molecule has 1 saturated heterocycles. The largest absolute Gasteiger partial charge is 0.335 e. The summed E-state index contributed by atoms with van der Waals surface area (Å²) in [7, 11) is 0. The van der Waals surface area contributed by atoms with Crippen molar-refractivity contribution in [2.45, 2.75) is 9.92 Å². The number of urea groups is 1. The van der Waals surface area contributed by atoms with Crippen molar-refractivity contribution in [3.8, 4) is 0 Å². The molecule has 0 spiro atoms. The molecule has 1 fully saturated rings. The highest BCUT2D eigenvalue weighted by Crippen LogP contribution is 2.35. The van der Waals surface area contributed by atoms with E-state index in [0.717, 1.165) is 16.7 Å². The number of barbiturate groups is 1. The normalized spacial score (nSPS) is 15.1. The van der Waals surface area contributed by atoms with Crippen LogP contribution in [-0.2, 0) is 9.59 Å². The van der Waals surface area contributed by atoms with Crippen LogP contribution in [0.25, 0.3) is 6.08 Å². The summed E-state index contributed by atoms with van der Waals surface area (Å²) in [5.74, 6) is -1.69. The number of aromatic nitrogens is 1. The summed E-state index contributed by atoms with van der Waals surface area (Å²) in [6.07, 6.45) is 2.81. The van der Waals surface area contributed by atoms with Crippen LogP contribution in [0.15, 0.2) is 88.4 Å². The standard InChI is InChI=1S/C22H14N4O5S/c27-20-16(21(28)25(22(29)24-20)15-6-2-1-3-7-15)12-14-9-10-18(17(13-14)26(30)31)32-19-8-4-5-11-23-19/h1-13H,(H,24,27,29)/b16-12+. The number of nitro benzene ring substituents is 1. The van der Waals surface area contributed by atoms with Gasteiger partial charge in [0.1, 0.15) is 10.6 Å². The molecule has 1 aromatic heterocycles. The number of pyridine rings is 1. The zero-order chi connectivity index (χ0) is 22.7. The van der Waals surface area contributed by atoms with Gasteiger partial charge in [-0.2, -0.15) is 0 Å². The van der Waals surface area contributed by atoms with Crippen LogP contribution in [0.1, 0.15) is 5.56 Å². The maximum Gasteiger partial charge on any atom is 0.335 e. The van der Waals surface area contributed by atoms with Crippen LogP contribution in [0.2, 0.25) is 0 Å². The Balaban J connectivity index is 1.69. The quantitative estimate of drug-likeness (QED) is 0.274. The number of carbonyl (C=O) groups is 3. The van der Waals surface area contributed by atoms with E-state index in [4.69, 9.17) is 0 Å². The predicted octanol–water partition coefficient (Wildman–Crippen LogP) is 3.81. The highest BCUT2D eigenvalue weighted by atomic mass is 32.2. The van der Waals surface area contributed by atoms with Crippen LogP contribution in [0.5, 0.6) is 0 Å². The fraction of sp³-hybridized carbons (Fsp3) is 0. The molecule has 0 radical (unpaired) electrons. The number of hydrogen-bond donors (Lipinski definition) is 1. The van der Waals surface area contributed by atoms with Gasteiger partial charge in [0.2, 0.25) is 0 Å². The van der Waals surface area contributed by atoms with Crippen LogP contribution in [0.4, 0.5) is 16.2 Å². The summed E-state index contributed by atoms with van der Waals surface area (Å²) in [5.41, 5.74) is 0.0481. The Morgan fingerprint density at radius 3 is 2.44 bits per heavy atom. The first-order valence-corrected chi connectivity index (χ1v) is 10.1. The van der Waals surface area contributed by atoms with Gasteiger partial charge in [0.05, 0.1) is 15.5 Å². The summed E-state index contributed by atoms with van der Waals surface area (Å²) >= 11 is 1.12. The van der Waals surface area contributed by atoms with Gasteiger partial charge >= 0.3 is 6.03 Å². The third-order valence-electron chi connectivity index (χ3n) is 4.46. The average Bonchev–Trinajstić information content (AvgIpc) is 2.78. The smallest absolute Gasteiger partial charge is 0.273 e. The molecule has 1 N–H and O–H groups in total. The number of amides is 4. The number of nitrogens with one attached hydrogen (secondary N) is 1. The fourth-order valence-electron chi connectivity index (χ4n) is 3.01. The minimum atomic E-state index is -0.873. The number of nitrogens with zero attached hydrogens (tertiary/aromatic N) is 3. The molecular weight excluding hydrogens is 432 g/mol. The number of nitro groups is 1. The van der Waals surface area contributed by atoms with Gasteiger partial charge in [0, 0.05) is 12.3 Å². The van der Waals surface area contributed by atoms with E-state index < -0.39 is 22.8 Å². The number of hydrogen-bond acceptors (Lipinski definition) is 7. The zero-order valence-electron chi connectivity index (χ0n) is 16.3. The zero-order valence-corrected chi connectivity index (χ0v) is 17.1. The Bertz CT molecular complexity index is 1260. The van der Waals surface area contributed by atoms with Crippen molar-refractivity contribution < 1.29 is 19.3 Å². The van der Waals surface area contributed by atoms with Crippen molar-refractivity contribution in [3.63, 3.8) is 0 Å². The van der Waals surface area contributed by atoms with Crippen molar-refractivity contribution in [1.82, 2.24) is 10.3 Å². The van der Waals surface area contributed by atoms with E-state index in [1.165, 1.54) is 18.2 Å². The van der Waals surface area contributed by atoms with Gasteiger partial charge in [0.25, 0.3) is 17.5 Å². The SMILES string of the molecule is O=C1NC(=O)N(c2ccccc2)C(=O)/C1=C/c1ccc(Sc2ccccn2)c([N+](=O)[O-])c1. The molecule has 158 valence electrons. The summed E-state index contributed by atoms with van der Waals surface area (Å²) in [6.45, 7) is 0. The summed E-state index contributed by atoms with van der Waals surface area (Å²) in [4.78, 5) is 53.9. The molecule has 2 aromatic carbocycles. The van der Waals surface area contributed by atoms with Gasteiger partial charge in [-0.3, -0.25) is 25.0 Å². The Labute approximate surface area is 185 Å². The Kier molecular flexibility index (Phi) is 5.77. The van der Waals surface area contributed by atoms with Crippen molar-refractivity contribution >= 4 is 47.1 Å². The van der Waals surface area contributed by atoms with E-state index in [1.807, 2.05) is 0 Å². The lowest BCUT2D eigenvalue weighted by Crippen LogP contribution is -2.54. The van der Waals surface area contributed by atoms with E-state index in [9.17, 15) is 24.5 Å². The van der Waals surface area contributed by atoms with Gasteiger partial charge in [-0.05, 0) is 42.0 Å². The molecule has 0 aliphatic carbocycles. The van der Waals surface area contributed by atoms with E-state index in [2.05, 4.69) is 10.3 Å². The Hall–Kier alpha value is -4.31. The first-order chi connectivity index (χ1) is 15.4. The molecule has 3 aromatic rings. The molecule has 9 nitrogen and oxygen atoms in total. The lowest BCUT2D eigenvalue weighted by molar-refractivity contribution is -0.387. The average molecular weight is 446 g/mol. The molecule has 0 unspecified atom stereocenters. The Morgan fingerprint density at radius 1 is 1.00 bits per heavy atom. The van der Waals surface area contributed by atoms with Crippen LogP contribution in [0.3, 0.4) is 0 Å². The maximum atomic E-state index is 12.9. The molecule has 1 aliphatic heterocycles. The van der Waals surface area contributed by atoms with E-state index in [-0.39, 0.29) is 16.8 Å². The summed E-state index contributed by atoms with van der Waals surface area (Å²) < 4.78 is 0. The molecule has 0 atom stereocenters. The molecule has 1 aliphatic rings. The topological polar surface area (TPSA) is 123 Å². The van der Waals surface area contributed by atoms with Crippen LogP contribution in [-0.4, -0.2) is 27.8 Å². The number of rotatable bonds is 5. The van der Waals surface area contributed by atoms with E-state index in [1.54, 1.807) is 60.8 Å². The number of imide groups is 2. The first kappa shape index (κ1) is 20.9. The summed E-state index contributed by atoms with van der Waals surface area (Å²) in [5, 5.41) is 14.3. The van der Waals surface area contributed by atoms with E-state index >= 15 is 0 Å². The van der Waals surface area contributed by atoms with Crippen LogP contribution in [0, 0.1) is 10.1 Å². The maximum absolute atomic E-state index is 12.9. The van der Waals surface area contributed by atoms with Crippen molar-refractivity contribution in [2.24, 2.45) is 0 Å². The van der Waals surface area contributed by atoms with Gasteiger partial charge in [-0.15, -0.1) is 0 Å². The molecule has 2 heterocycles. The number of carbonyl (C=O) groups excluding carboxylic acids is 3. The van der Waals surface area contributed by atoms with Crippen LogP contribution < -0.4 is 10.2 Å². The fourth-order valence-corrected chi connectivity index (χ4v) is 3.87. The molecule has 10 heteroatoms. The third kappa shape index (κ3) is 4.25. The molecule has 4 amide bonds. The predicted molar refractivity (Wildman–Crippen MR) is 117 cm³/mol. The first-order valence-electron chi connectivity index (χ1n) is 9.28. The number of anilines is 1. The molecule has 0 saturated carbocycles. The van der Waals surface area contributed by atoms with Gasteiger partial charge in [-0.25, -0.2) is 14.7 Å². The lowest BCUT2D eigenvalue weighted by Gasteiger charge is -2.26. The number of para-hydroxylation sites is 1. The molecule has 32 heavy (non-hydrogen) atoms. The second-order valence-corrected chi connectivity index (χ2v) is 7.61. The highest BCUT2D eigenvalue weighted by molar-refractivity contribution is 7.99. The second-order valence-electron chi connectivity index (χ2n) is 6.55. The van der Waals surface area contributed by atoms with Gasteiger partial charge in [0.15, 0.2) is 0 Å². The Morgan fingerprint density at radius 2 is 1.75 bits per heavy atom. The highest BCUT2D eigenvalue weighted by Gasteiger charge is 2.36.